The molecule has 2 aromatic rings. The fourth-order valence-corrected chi connectivity index (χ4v) is 2.91. The Morgan fingerprint density at radius 1 is 1.00 bits per heavy atom. The molecule has 2 aliphatic heterocycles. The number of fused-ring (bicyclic) bond motifs is 1. The summed E-state index contributed by atoms with van der Waals surface area (Å²) in [7, 11) is 0. The highest BCUT2D eigenvalue weighted by atomic mass is 35.5. The van der Waals surface area contributed by atoms with Crippen molar-refractivity contribution in [2.75, 3.05) is 0 Å². The zero-order chi connectivity index (χ0) is 16.5. The Bertz CT molecular complexity index is 1010. The number of halogens is 2. The molecule has 6 heteroatoms. The van der Waals surface area contributed by atoms with Crippen molar-refractivity contribution in [1.29, 1.82) is 0 Å². The van der Waals surface area contributed by atoms with Crippen LogP contribution in [0.5, 0.6) is 0 Å². The van der Waals surface area contributed by atoms with Crippen molar-refractivity contribution in [3.8, 4) is 16.9 Å². The number of pyridine rings is 1. The van der Waals surface area contributed by atoms with Gasteiger partial charge in [-0.25, -0.2) is 0 Å². The van der Waals surface area contributed by atoms with Crippen molar-refractivity contribution in [3.63, 3.8) is 0 Å². The molecule has 0 fully saturated rings. The number of hydrogen-bond acceptors (Lipinski definition) is 2. The van der Waals surface area contributed by atoms with Crippen LogP contribution < -0.4 is 5.56 Å². The largest absolute Gasteiger partial charge is 0.366 e. The van der Waals surface area contributed by atoms with E-state index in [9.17, 15) is 4.79 Å². The van der Waals surface area contributed by atoms with Crippen LogP contribution in [0.4, 0.5) is 0 Å². The summed E-state index contributed by atoms with van der Waals surface area (Å²) in [5.74, 6) is 0. The summed E-state index contributed by atoms with van der Waals surface area (Å²) in [4.78, 5) is 15.7. The fraction of sp³-hybridized carbons (Fsp3) is 0.0526. The second-order valence-corrected chi connectivity index (χ2v) is 6.04. The highest BCUT2D eigenvalue weighted by molar-refractivity contribution is 6.30. The minimum Gasteiger partial charge on any atom is -0.366 e. The number of H-pyrrole nitrogens is 1. The maximum atomic E-state index is 12.7. The van der Waals surface area contributed by atoms with Crippen LogP contribution in [-0.2, 0) is 6.42 Å². The van der Waals surface area contributed by atoms with Crippen LogP contribution in [0, 0.1) is 0 Å². The van der Waals surface area contributed by atoms with E-state index in [4.69, 9.17) is 11.6 Å². The summed E-state index contributed by atoms with van der Waals surface area (Å²) in [6, 6.07) is 17.2. The molecule has 4 rings (SSSR count). The fourth-order valence-electron chi connectivity index (χ4n) is 2.78. The molecule has 1 N–H and O–H groups in total. The van der Waals surface area contributed by atoms with Gasteiger partial charge in [0.1, 0.15) is 5.69 Å². The number of benzene rings is 2. The Morgan fingerprint density at radius 2 is 1.72 bits per heavy atom. The molecule has 0 radical (unpaired) electrons. The van der Waals surface area contributed by atoms with Gasteiger partial charge in [-0.2, -0.15) is 9.78 Å². The van der Waals surface area contributed by atoms with Crippen LogP contribution in [0.2, 0.25) is 5.02 Å². The second-order valence-electron chi connectivity index (χ2n) is 5.60. The molecule has 25 heavy (non-hydrogen) atoms. The minimum atomic E-state index is -0.140. The lowest BCUT2D eigenvalue weighted by molar-refractivity contribution is 0.854. The zero-order valence-electron chi connectivity index (χ0n) is 13.1. The Balaban J connectivity index is 0.00000182. The molecule has 4 nitrogen and oxygen atoms in total. The lowest BCUT2D eigenvalue weighted by Crippen LogP contribution is -2.14. The molecular formula is C19H15Cl2N3O. The van der Waals surface area contributed by atoms with Gasteiger partial charge in [-0.3, -0.25) is 4.79 Å². The predicted molar refractivity (Wildman–Crippen MR) is 102 cm³/mol. The summed E-state index contributed by atoms with van der Waals surface area (Å²) >= 11 is 5.92. The molecule has 0 bridgehead atoms. The molecule has 0 unspecified atom stereocenters. The highest BCUT2D eigenvalue weighted by Crippen LogP contribution is 2.23. The van der Waals surface area contributed by atoms with E-state index in [1.807, 2.05) is 24.4 Å². The molecule has 0 saturated heterocycles. The van der Waals surface area contributed by atoms with Gasteiger partial charge in [0.15, 0.2) is 0 Å². The summed E-state index contributed by atoms with van der Waals surface area (Å²) in [6.07, 6.45) is 4.31. The van der Waals surface area contributed by atoms with Crippen molar-refractivity contribution in [1.82, 2.24) is 14.8 Å². The van der Waals surface area contributed by atoms with Crippen LogP contribution in [0.25, 0.3) is 16.9 Å². The predicted octanol–water partition coefficient (Wildman–Crippen LogP) is 4.33. The van der Waals surface area contributed by atoms with E-state index in [1.165, 1.54) is 10.2 Å². The molecule has 0 aliphatic carbocycles. The first-order valence-corrected chi connectivity index (χ1v) is 7.99. The van der Waals surface area contributed by atoms with Crippen LogP contribution in [0.1, 0.15) is 11.1 Å². The van der Waals surface area contributed by atoms with Crippen molar-refractivity contribution in [3.05, 3.63) is 93.5 Å². The Labute approximate surface area is 155 Å². The molecule has 0 atom stereocenters. The lowest BCUT2D eigenvalue weighted by Gasteiger charge is -2.05. The summed E-state index contributed by atoms with van der Waals surface area (Å²) < 4.78 is 1.42. The maximum absolute atomic E-state index is 12.7. The summed E-state index contributed by atoms with van der Waals surface area (Å²) in [5.41, 5.74) is 4.02. The summed E-state index contributed by atoms with van der Waals surface area (Å²) in [5, 5.41) is 5.18. The molecule has 0 saturated carbocycles. The first kappa shape index (κ1) is 17.3. The van der Waals surface area contributed by atoms with Crippen LogP contribution in [0.3, 0.4) is 0 Å². The average Bonchev–Trinajstić information content (AvgIpc) is 2.95. The van der Waals surface area contributed by atoms with E-state index in [-0.39, 0.29) is 18.0 Å². The van der Waals surface area contributed by atoms with Gasteiger partial charge in [0.25, 0.3) is 5.56 Å². The number of rotatable bonds is 3. The number of hydrogen-bond donors (Lipinski definition) is 1. The molecular weight excluding hydrogens is 357 g/mol. The summed E-state index contributed by atoms with van der Waals surface area (Å²) in [6.45, 7) is 0. The topological polar surface area (TPSA) is 50.7 Å². The third-order valence-electron chi connectivity index (χ3n) is 3.98. The smallest absolute Gasteiger partial charge is 0.282 e. The minimum absolute atomic E-state index is 0. The van der Waals surface area contributed by atoms with Gasteiger partial charge in [0.05, 0.1) is 11.3 Å². The van der Waals surface area contributed by atoms with E-state index < -0.39 is 0 Å². The lowest BCUT2D eigenvalue weighted by atomic mass is 10.0. The average molecular weight is 372 g/mol. The second kappa shape index (κ2) is 7.13. The quantitative estimate of drug-likeness (QED) is 0.582. The van der Waals surface area contributed by atoms with Crippen molar-refractivity contribution in [2.24, 2.45) is 0 Å². The first-order valence-electron chi connectivity index (χ1n) is 7.61. The van der Waals surface area contributed by atoms with Crippen molar-refractivity contribution in [2.45, 2.75) is 6.42 Å². The number of nitrogens with zero attached hydrogens (tertiary/aromatic N) is 2. The number of aromatic nitrogens is 3. The molecule has 2 heterocycles. The Hall–Kier alpha value is -2.56. The van der Waals surface area contributed by atoms with E-state index >= 15 is 0 Å². The van der Waals surface area contributed by atoms with E-state index in [0.29, 0.717) is 22.7 Å². The zero-order valence-corrected chi connectivity index (χ0v) is 14.7. The third kappa shape index (κ3) is 3.31. The number of nitrogens with one attached hydrogen (secondary N) is 1. The van der Waals surface area contributed by atoms with Crippen LogP contribution >= 0.6 is 24.0 Å². The van der Waals surface area contributed by atoms with Crippen molar-refractivity contribution >= 4 is 24.0 Å². The van der Waals surface area contributed by atoms with Gasteiger partial charge in [-0.1, -0.05) is 41.9 Å². The van der Waals surface area contributed by atoms with E-state index in [0.717, 1.165) is 11.3 Å². The van der Waals surface area contributed by atoms with Gasteiger partial charge in [-0.15, -0.1) is 12.4 Å². The number of aromatic amines is 1. The third-order valence-corrected chi connectivity index (χ3v) is 4.23. The van der Waals surface area contributed by atoms with Gasteiger partial charge in [0.2, 0.25) is 0 Å². The normalized spacial score (nSPS) is 10.6. The Morgan fingerprint density at radius 3 is 2.44 bits per heavy atom. The van der Waals surface area contributed by atoms with Crippen molar-refractivity contribution < 1.29 is 0 Å². The maximum Gasteiger partial charge on any atom is 0.282 e. The monoisotopic (exact) mass is 371 g/mol. The molecule has 2 aromatic carbocycles. The van der Waals surface area contributed by atoms with Gasteiger partial charge in [-0.05, 0) is 29.8 Å². The van der Waals surface area contributed by atoms with Gasteiger partial charge < -0.3 is 4.98 Å². The van der Waals surface area contributed by atoms with Crippen LogP contribution in [-0.4, -0.2) is 14.8 Å². The Kier molecular flexibility index (Phi) is 4.93. The van der Waals surface area contributed by atoms with Crippen LogP contribution in [0.15, 0.2) is 71.8 Å². The molecule has 0 spiro atoms. The van der Waals surface area contributed by atoms with Gasteiger partial charge in [0, 0.05) is 29.4 Å². The molecule has 2 aliphatic rings. The molecule has 126 valence electrons. The SMILES string of the molecule is Cl.O=c1c2c[nH]cc(Cc3ccccc3)c-2nn1-c1ccc(Cl)cc1. The molecule has 0 aromatic heterocycles. The van der Waals surface area contributed by atoms with E-state index in [2.05, 4.69) is 22.2 Å². The van der Waals surface area contributed by atoms with Gasteiger partial charge >= 0.3 is 0 Å². The molecule has 0 amide bonds. The van der Waals surface area contributed by atoms with E-state index in [1.54, 1.807) is 30.5 Å². The first-order chi connectivity index (χ1) is 11.7. The standard InChI is InChI=1S/C19H14ClN3O.ClH/c20-15-6-8-16(9-7-15)23-19(24)17-12-21-11-14(18(17)22-23)10-13-4-2-1-3-5-13;/h1-9,11-12,21H,10H2;1H. The highest BCUT2D eigenvalue weighted by Gasteiger charge is 2.19.